The molecule has 6 heterocycles. The van der Waals surface area contributed by atoms with Gasteiger partial charge in [0.25, 0.3) is 0 Å². The van der Waals surface area contributed by atoms with E-state index >= 15 is 0 Å². The number of rotatable bonds is 5. The topological polar surface area (TPSA) is 195 Å². The van der Waals surface area contributed by atoms with Gasteiger partial charge in [0.05, 0.1) is 26.9 Å². The summed E-state index contributed by atoms with van der Waals surface area (Å²) in [6, 6.07) is 15.5. The van der Waals surface area contributed by atoms with E-state index in [9.17, 15) is 15.8 Å². The summed E-state index contributed by atoms with van der Waals surface area (Å²) < 4.78 is 28.2. The van der Waals surface area contributed by atoms with Gasteiger partial charge in [-0.2, -0.15) is 31.6 Å². The molecule has 322 valence electrons. The molecule has 0 amide bonds. The number of methoxy groups -OCH3 is 3. The Morgan fingerprint density at radius 3 is 1.54 bits per heavy atom. The van der Waals surface area contributed by atoms with Crippen LogP contribution in [-0.4, -0.2) is 58.7 Å². The van der Waals surface area contributed by atoms with Crippen LogP contribution in [0.2, 0.25) is 0 Å². The first kappa shape index (κ1) is 45.2. The van der Waals surface area contributed by atoms with E-state index in [-0.39, 0.29) is 33.8 Å². The average molecular weight is 845 g/mol. The summed E-state index contributed by atoms with van der Waals surface area (Å²) in [6.45, 7) is 13.6. The van der Waals surface area contributed by atoms with Gasteiger partial charge < -0.3 is 33.5 Å². The average Bonchev–Trinajstić information content (AvgIpc) is 3.68. The number of allylic oxidation sites excluding steroid dienone is 4. The Bertz CT molecular complexity index is 2600. The number of hydrogen-bond acceptors (Lipinski definition) is 13. The molecular weight excluding hydrogens is 793 g/mol. The number of aryl methyl sites for hydroxylation is 2. The van der Waals surface area contributed by atoms with Gasteiger partial charge in [-0.1, -0.05) is 12.2 Å². The molecule has 2 aromatic carbocycles. The van der Waals surface area contributed by atoms with Crippen LogP contribution in [0, 0.1) is 68.0 Å². The van der Waals surface area contributed by atoms with Crippen LogP contribution < -0.4 is 24.0 Å². The molecule has 6 aliphatic rings. The van der Waals surface area contributed by atoms with Crippen LogP contribution in [0.4, 0.5) is 11.4 Å². The van der Waals surface area contributed by atoms with Gasteiger partial charge in [0.15, 0.2) is 34.2 Å². The van der Waals surface area contributed by atoms with Crippen LogP contribution in [0.15, 0.2) is 63.2 Å². The molecule has 0 unspecified atom stereocenters. The van der Waals surface area contributed by atoms with Gasteiger partial charge in [-0.15, -0.1) is 0 Å². The fourth-order valence-corrected chi connectivity index (χ4v) is 9.34. The fraction of sp³-hybridized carbons (Fsp3) is 0.440. The normalized spacial score (nSPS) is 18.1. The van der Waals surface area contributed by atoms with Crippen molar-refractivity contribution in [3.05, 3.63) is 91.0 Å². The van der Waals surface area contributed by atoms with Gasteiger partial charge in [0.1, 0.15) is 58.9 Å². The molecule has 6 aliphatic heterocycles. The second-order valence-electron chi connectivity index (χ2n) is 16.9. The highest BCUT2D eigenvalue weighted by molar-refractivity contribution is 5.76. The lowest BCUT2D eigenvalue weighted by molar-refractivity contribution is 0.0927. The van der Waals surface area contributed by atoms with E-state index in [1.165, 1.54) is 66.0 Å². The lowest BCUT2D eigenvalue weighted by Gasteiger charge is -2.38. The third kappa shape index (κ3) is 8.49. The van der Waals surface area contributed by atoms with Crippen molar-refractivity contribution in [2.75, 3.05) is 57.3 Å². The number of hydrogen-bond donors (Lipinski definition) is 0. The molecule has 0 bridgehead atoms. The van der Waals surface area contributed by atoms with Crippen molar-refractivity contribution < 1.29 is 23.7 Å². The van der Waals surface area contributed by atoms with Gasteiger partial charge in [-0.25, -0.2) is 0 Å². The Balaban J connectivity index is 0.000000174. The minimum atomic E-state index is -0.831. The lowest BCUT2D eigenvalue weighted by Crippen LogP contribution is -2.34. The first-order valence-corrected chi connectivity index (χ1v) is 21.2. The maximum Gasteiger partial charge on any atom is 0.172 e. The second-order valence-corrected chi connectivity index (χ2v) is 16.9. The summed E-state index contributed by atoms with van der Waals surface area (Å²) in [4.78, 5) is 4.99. The molecule has 0 atom stereocenters. The second kappa shape index (κ2) is 18.7. The third-order valence-electron chi connectivity index (χ3n) is 12.5. The zero-order valence-electron chi connectivity index (χ0n) is 37.4. The molecule has 0 aromatic heterocycles. The molecule has 8 rings (SSSR count). The van der Waals surface area contributed by atoms with E-state index in [1.54, 1.807) is 54.2 Å². The van der Waals surface area contributed by atoms with E-state index < -0.39 is 11.2 Å². The van der Waals surface area contributed by atoms with Crippen molar-refractivity contribution in [1.82, 2.24) is 0 Å². The minimum absolute atomic E-state index is 0.0558. The fourth-order valence-electron chi connectivity index (χ4n) is 9.34. The van der Waals surface area contributed by atoms with Crippen LogP contribution in [0.25, 0.3) is 6.08 Å². The third-order valence-corrected chi connectivity index (χ3v) is 12.5. The zero-order chi connectivity index (χ0) is 45.6. The highest BCUT2D eigenvalue weighted by atomic mass is 16.5. The Labute approximate surface area is 370 Å². The van der Waals surface area contributed by atoms with Gasteiger partial charge >= 0.3 is 0 Å². The summed E-state index contributed by atoms with van der Waals surface area (Å²) in [5.41, 5.74) is 9.23. The predicted molar refractivity (Wildman–Crippen MR) is 237 cm³/mol. The number of benzene rings is 2. The Kier molecular flexibility index (Phi) is 13.5. The van der Waals surface area contributed by atoms with Gasteiger partial charge in [0.2, 0.25) is 0 Å². The van der Waals surface area contributed by atoms with Crippen molar-refractivity contribution in [2.45, 2.75) is 97.2 Å². The Morgan fingerprint density at radius 2 is 1.06 bits per heavy atom. The monoisotopic (exact) mass is 844 g/mol. The molecule has 2 aromatic rings. The first-order chi connectivity index (χ1) is 30.3. The van der Waals surface area contributed by atoms with Crippen molar-refractivity contribution in [1.29, 1.82) is 31.6 Å². The summed E-state index contributed by atoms with van der Waals surface area (Å²) in [5.74, 6) is 2.87. The standard InChI is InChI=1S/C25H24N4O2.C14H19NO2.C11H9N3O/c1-25(2)21(20(15-28)24(31-25)18(13-26)14-27)9-8-17-12-16-6-4-10-29-11-5-7-19(22(16)29)23(17)30-3;1-16-12-9-10-5-3-7-15-8-4-6-11(13(10)15)14(12)17-2;1-7-9(6-14)10(8(4-12)5-13)15-11(7,2)3/h8-9,12H,4-7,10-11H2,1-3H3;9H,3-8H2,1-2H3;1-3H3/b9-8+;;. The quantitative estimate of drug-likeness (QED) is 0.260. The van der Waals surface area contributed by atoms with E-state index in [4.69, 9.17) is 39.5 Å². The van der Waals surface area contributed by atoms with Crippen molar-refractivity contribution in [3.63, 3.8) is 0 Å². The molecule has 0 fully saturated rings. The molecule has 0 radical (unpaired) electrons. The Morgan fingerprint density at radius 1 is 0.603 bits per heavy atom. The number of nitrogens with zero attached hydrogens (tertiary/aromatic N) is 8. The van der Waals surface area contributed by atoms with Gasteiger partial charge in [0, 0.05) is 59.8 Å². The smallest absolute Gasteiger partial charge is 0.172 e. The van der Waals surface area contributed by atoms with E-state index in [0.29, 0.717) is 5.57 Å². The number of anilines is 2. The van der Waals surface area contributed by atoms with E-state index in [1.807, 2.05) is 44.2 Å². The summed E-state index contributed by atoms with van der Waals surface area (Å²) in [5, 5.41) is 54.6. The molecule has 0 N–H and O–H groups in total. The number of nitriles is 6. The molecule has 0 saturated heterocycles. The summed E-state index contributed by atoms with van der Waals surface area (Å²) in [6.07, 6.45) is 12.9. The highest BCUT2D eigenvalue weighted by Gasteiger charge is 2.39. The molecule has 0 aliphatic carbocycles. The Hall–Kier alpha value is -7.32. The largest absolute Gasteiger partial charge is 0.496 e. The van der Waals surface area contributed by atoms with Crippen LogP contribution in [0.5, 0.6) is 17.2 Å². The zero-order valence-corrected chi connectivity index (χ0v) is 37.4. The van der Waals surface area contributed by atoms with Crippen molar-refractivity contribution >= 4 is 17.5 Å². The summed E-state index contributed by atoms with van der Waals surface area (Å²) >= 11 is 0. The maximum absolute atomic E-state index is 9.75. The first-order valence-electron chi connectivity index (χ1n) is 21.2. The summed E-state index contributed by atoms with van der Waals surface area (Å²) in [7, 11) is 5.16. The van der Waals surface area contributed by atoms with Crippen LogP contribution in [0.3, 0.4) is 0 Å². The van der Waals surface area contributed by atoms with Gasteiger partial charge in [-0.3, -0.25) is 0 Å². The van der Waals surface area contributed by atoms with Crippen molar-refractivity contribution in [3.8, 4) is 53.7 Å². The SMILES string of the molecule is CC1=C(C#N)C(=C(C#N)C#N)OC1(C)C.COc1c(/C=C/C2=C(C#N)C(=C(C#N)C#N)OC2(C)C)cc2c3c1CCCN3CCC2.COc1cc2c3c(c1OC)CCCN3CCC2. The molecule has 13 nitrogen and oxygen atoms in total. The van der Waals surface area contributed by atoms with Crippen LogP contribution >= 0.6 is 0 Å². The predicted octanol–water partition coefficient (Wildman–Crippen LogP) is 8.68. The molecule has 63 heavy (non-hydrogen) atoms. The maximum atomic E-state index is 9.75. The van der Waals surface area contributed by atoms with Crippen LogP contribution in [-0.2, 0) is 35.2 Å². The van der Waals surface area contributed by atoms with E-state index in [2.05, 4.69) is 28.0 Å². The van der Waals surface area contributed by atoms with Crippen LogP contribution in [0.1, 0.15) is 88.1 Å². The molecule has 0 saturated carbocycles. The molecule has 13 heteroatoms. The van der Waals surface area contributed by atoms with E-state index in [0.717, 1.165) is 73.6 Å². The highest BCUT2D eigenvalue weighted by Crippen LogP contribution is 2.47. The van der Waals surface area contributed by atoms with Crippen molar-refractivity contribution in [2.24, 2.45) is 0 Å². The number of ether oxygens (including phenoxy) is 5. The molecule has 0 spiro atoms. The lowest BCUT2D eigenvalue weighted by atomic mass is 9.88. The molecular formula is C50H52N8O5. The minimum Gasteiger partial charge on any atom is -0.496 e. The van der Waals surface area contributed by atoms with Gasteiger partial charge in [-0.05, 0) is 115 Å².